The molecule has 192 valence electrons. The van der Waals surface area contributed by atoms with E-state index in [1.54, 1.807) is 61.7 Å². The summed E-state index contributed by atoms with van der Waals surface area (Å²) < 4.78 is 18.6. The molecule has 1 aliphatic rings. The molecule has 2 heterocycles. The van der Waals surface area contributed by atoms with Crippen molar-refractivity contribution in [2.75, 3.05) is 13.7 Å². The molecule has 38 heavy (non-hydrogen) atoms. The standard InChI is InChI=1S/C28H23N2O8/c1-29-22-10-8-18(35-2)14-20(22)27(28(34)37-17-6-4-3-5-7-17)21-15-19(9-11-23(21)29)36-16-26(33)38-30-24(31)12-13-25(30)32/h3-11,14-15H,12-13,16H2,1-2H3/q+1. The first-order valence-corrected chi connectivity index (χ1v) is 11.8. The normalized spacial score (nSPS) is 13.2. The van der Waals surface area contributed by atoms with Crippen molar-refractivity contribution in [3.63, 3.8) is 0 Å². The maximum atomic E-state index is 13.5. The number of pyridine rings is 1. The molecule has 10 heteroatoms. The number of aromatic nitrogens is 1. The molecule has 3 aromatic carbocycles. The van der Waals surface area contributed by atoms with Gasteiger partial charge in [-0.1, -0.05) is 18.2 Å². The lowest BCUT2D eigenvalue weighted by Crippen LogP contribution is -2.34. The number of hydrogen-bond donors (Lipinski definition) is 0. The Labute approximate surface area is 216 Å². The molecule has 1 saturated heterocycles. The van der Waals surface area contributed by atoms with Crippen LogP contribution in [0.2, 0.25) is 0 Å². The molecule has 0 bridgehead atoms. The van der Waals surface area contributed by atoms with E-state index in [1.165, 1.54) is 0 Å². The van der Waals surface area contributed by atoms with Gasteiger partial charge in [-0.05, 0) is 36.4 Å². The van der Waals surface area contributed by atoms with Crippen molar-refractivity contribution >= 4 is 45.6 Å². The lowest BCUT2D eigenvalue weighted by molar-refractivity contribution is -0.617. The molecule has 5 rings (SSSR count). The van der Waals surface area contributed by atoms with Crippen LogP contribution in [0.1, 0.15) is 23.2 Å². The lowest BCUT2D eigenvalue weighted by atomic mass is 10.0. The van der Waals surface area contributed by atoms with Gasteiger partial charge in [0.25, 0.3) is 11.8 Å². The van der Waals surface area contributed by atoms with E-state index in [-0.39, 0.29) is 24.2 Å². The first-order valence-electron chi connectivity index (χ1n) is 11.8. The zero-order valence-corrected chi connectivity index (χ0v) is 20.6. The summed E-state index contributed by atoms with van der Waals surface area (Å²) in [7, 11) is 3.41. The molecular formula is C28H23N2O8+. The van der Waals surface area contributed by atoms with Crippen molar-refractivity contribution in [2.45, 2.75) is 12.8 Å². The third kappa shape index (κ3) is 4.71. The number of carbonyl (C=O) groups excluding carboxylic acids is 4. The predicted molar refractivity (Wildman–Crippen MR) is 133 cm³/mol. The number of ether oxygens (including phenoxy) is 3. The van der Waals surface area contributed by atoms with Gasteiger partial charge in [0.2, 0.25) is 11.0 Å². The second-order valence-corrected chi connectivity index (χ2v) is 8.53. The van der Waals surface area contributed by atoms with Gasteiger partial charge in [-0.2, -0.15) is 4.57 Å². The van der Waals surface area contributed by atoms with Crippen LogP contribution in [-0.2, 0) is 26.3 Å². The van der Waals surface area contributed by atoms with E-state index in [0.717, 1.165) is 5.52 Å². The molecule has 0 unspecified atom stereocenters. The number of imide groups is 1. The Morgan fingerprint density at radius 2 is 1.45 bits per heavy atom. The van der Waals surface area contributed by atoms with Gasteiger partial charge in [-0.3, -0.25) is 9.59 Å². The fourth-order valence-corrected chi connectivity index (χ4v) is 4.30. The number of benzene rings is 3. The first-order chi connectivity index (χ1) is 18.4. The third-order valence-electron chi connectivity index (χ3n) is 6.15. The number of amides is 2. The van der Waals surface area contributed by atoms with E-state index in [4.69, 9.17) is 19.0 Å². The fourth-order valence-electron chi connectivity index (χ4n) is 4.30. The van der Waals surface area contributed by atoms with Crippen molar-refractivity contribution in [3.05, 3.63) is 72.3 Å². The van der Waals surface area contributed by atoms with Crippen LogP contribution in [0.4, 0.5) is 0 Å². The smallest absolute Gasteiger partial charge is 0.370 e. The summed E-state index contributed by atoms with van der Waals surface area (Å²) in [5, 5.41) is 1.58. The Morgan fingerprint density at radius 1 is 0.842 bits per heavy atom. The van der Waals surface area contributed by atoms with Gasteiger partial charge in [-0.25, -0.2) is 9.59 Å². The Bertz CT molecular complexity index is 1580. The summed E-state index contributed by atoms with van der Waals surface area (Å²) in [5.74, 6) is -1.43. The number of esters is 1. The third-order valence-corrected chi connectivity index (χ3v) is 6.15. The molecule has 0 spiro atoms. The topological polar surface area (TPSA) is 112 Å². The Balaban J connectivity index is 1.52. The summed E-state index contributed by atoms with van der Waals surface area (Å²) in [4.78, 5) is 54.0. The van der Waals surface area contributed by atoms with Crippen molar-refractivity contribution in [1.82, 2.24) is 5.06 Å². The van der Waals surface area contributed by atoms with Gasteiger partial charge in [0.1, 0.15) is 24.3 Å². The second-order valence-electron chi connectivity index (χ2n) is 8.53. The highest BCUT2D eigenvalue weighted by Gasteiger charge is 2.33. The van der Waals surface area contributed by atoms with Gasteiger partial charge in [0.15, 0.2) is 6.61 Å². The van der Waals surface area contributed by atoms with Crippen LogP contribution in [0.25, 0.3) is 21.8 Å². The number of fused-ring (bicyclic) bond motifs is 2. The molecule has 0 radical (unpaired) electrons. The minimum atomic E-state index is -0.911. The Hall–Kier alpha value is -4.99. The predicted octanol–water partition coefficient (Wildman–Crippen LogP) is 3.03. The molecule has 0 atom stereocenters. The minimum absolute atomic E-state index is 0.00470. The average Bonchev–Trinajstić information content (AvgIpc) is 3.24. The van der Waals surface area contributed by atoms with E-state index in [0.29, 0.717) is 32.9 Å². The Kier molecular flexibility index (Phi) is 6.61. The van der Waals surface area contributed by atoms with Gasteiger partial charge >= 0.3 is 11.9 Å². The van der Waals surface area contributed by atoms with E-state index < -0.39 is 30.4 Å². The molecule has 1 aromatic heterocycles. The Morgan fingerprint density at radius 3 is 2.08 bits per heavy atom. The largest absolute Gasteiger partial charge is 0.497 e. The van der Waals surface area contributed by atoms with Crippen LogP contribution in [0.5, 0.6) is 17.2 Å². The highest BCUT2D eigenvalue weighted by Crippen LogP contribution is 2.31. The molecule has 1 fully saturated rings. The second kappa shape index (κ2) is 10.2. The molecule has 4 aromatic rings. The first kappa shape index (κ1) is 24.7. The maximum absolute atomic E-state index is 13.5. The molecule has 0 aliphatic carbocycles. The minimum Gasteiger partial charge on any atom is -0.497 e. The van der Waals surface area contributed by atoms with Crippen LogP contribution < -0.4 is 18.8 Å². The number of hydrogen-bond acceptors (Lipinski definition) is 8. The summed E-state index contributed by atoms with van der Waals surface area (Å²) in [6.07, 6.45) is -0.00940. The van der Waals surface area contributed by atoms with Gasteiger partial charge in [0.05, 0.1) is 23.4 Å². The summed E-state index contributed by atoms with van der Waals surface area (Å²) in [5.41, 5.74) is 1.78. The fraction of sp³-hybridized carbons (Fsp3) is 0.179. The highest BCUT2D eigenvalue weighted by atomic mass is 16.7. The maximum Gasteiger partial charge on any atom is 0.370 e. The SMILES string of the molecule is COc1ccc2c(c1)c(C(=O)Oc1ccccc1)c1cc(OCC(=O)ON3C(=O)CCC3=O)ccc1[n+]2C. The van der Waals surface area contributed by atoms with Crippen LogP contribution >= 0.6 is 0 Å². The molecule has 10 nitrogen and oxygen atoms in total. The van der Waals surface area contributed by atoms with E-state index in [9.17, 15) is 19.2 Å². The number of carbonyl (C=O) groups is 4. The lowest BCUT2D eigenvalue weighted by Gasteiger charge is -2.14. The molecular weight excluding hydrogens is 492 g/mol. The van der Waals surface area contributed by atoms with E-state index >= 15 is 0 Å². The summed E-state index contributed by atoms with van der Waals surface area (Å²) >= 11 is 0. The van der Waals surface area contributed by atoms with Crippen LogP contribution in [-0.4, -0.2) is 42.5 Å². The van der Waals surface area contributed by atoms with E-state index in [1.807, 2.05) is 23.7 Å². The zero-order chi connectivity index (χ0) is 26.8. The molecule has 2 amide bonds. The quantitative estimate of drug-likeness (QED) is 0.121. The molecule has 0 N–H and O–H groups in total. The monoisotopic (exact) mass is 515 g/mol. The van der Waals surface area contributed by atoms with Crippen LogP contribution in [0.15, 0.2) is 66.7 Å². The van der Waals surface area contributed by atoms with Gasteiger partial charge in [0, 0.05) is 25.0 Å². The van der Waals surface area contributed by atoms with Crippen molar-refractivity contribution in [3.8, 4) is 17.2 Å². The number of hydroxylamine groups is 2. The number of para-hydroxylation sites is 1. The summed E-state index contributed by atoms with van der Waals surface area (Å²) in [6.45, 7) is -0.556. The van der Waals surface area contributed by atoms with Crippen molar-refractivity contribution < 1.29 is 42.8 Å². The molecule has 1 aliphatic heterocycles. The number of aryl methyl sites for hydroxylation is 1. The van der Waals surface area contributed by atoms with Crippen molar-refractivity contribution in [2.24, 2.45) is 7.05 Å². The summed E-state index contributed by atoms with van der Waals surface area (Å²) in [6, 6.07) is 19.1. The highest BCUT2D eigenvalue weighted by molar-refractivity contribution is 6.14. The number of nitrogens with zero attached hydrogens (tertiary/aromatic N) is 2. The zero-order valence-electron chi connectivity index (χ0n) is 20.6. The number of methoxy groups -OCH3 is 1. The average molecular weight is 515 g/mol. The van der Waals surface area contributed by atoms with E-state index in [2.05, 4.69) is 0 Å². The number of rotatable bonds is 7. The molecule has 0 saturated carbocycles. The van der Waals surface area contributed by atoms with Crippen LogP contribution in [0.3, 0.4) is 0 Å². The van der Waals surface area contributed by atoms with Gasteiger partial charge in [-0.15, -0.1) is 5.06 Å². The van der Waals surface area contributed by atoms with Crippen LogP contribution in [0, 0.1) is 0 Å². The van der Waals surface area contributed by atoms with Gasteiger partial charge < -0.3 is 19.0 Å². The van der Waals surface area contributed by atoms with Crippen molar-refractivity contribution in [1.29, 1.82) is 0 Å².